The van der Waals surface area contributed by atoms with E-state index in [1.165, 1.54) is 64.2 Å². The second-order valence-electron chi connectivity index (χ2n) is 6.73. The molecule has 0 N–H and O–H groups in total. The van der Waals surface area contributed by atoms with Gasteiger partial charge in [0.1, 0.15) is 0 Å². The molecule has 0 rings (SSSR count). The molecule has 0 aromatic rings. The van der Waals surface area contributed by atoms with Crippen LogP contribution in [0.4, 0.5) is 0 Å². The van der Waals surface area contributed by atoms with E-state index >= 15 is 0 Å². The fourth-order valence-corrected chi connectivity index (χ4v) is 2.72. The fourth-order valence-electron chi connectivity index (χ4n) is 2.72. The number of unbranched alkanes of at least 4 members (excludes halogenated alkanes) is 12. The molecule has 0 aliphatic heterocycles. The summed E-state index contributed by atoms with van der Waals surface area (Å²) in [6.45, 7) is 8.82. The molecule has 0 aromatic heterocycles. The SMILES string of the molecule is C=C(CCCCCCCCCCCCC)C(=O)OCCCCC. The molecular weight excluding hydrogens is 284 g/mol. The first-order valence-electron chi connectivity index (χ1n) is 10.1. The summed E-state index contributed by atoms with van der Waals surface area (Å²) in [5.41, 5.74) is 0.650. The van der Waals surface area contributed by atoms with E-state index in [4.69, 9.17) is 4.74 Å². The van der Waals surface area contributed by atoms with Crippen LogP contribution in [0.25, 0.3) is 0 Å². The Kier molecular flexibility index (Phi) is 17.0. The first-order chi connectivity index (χ1) is 11.2. The highest BCUT2D eigenvalue weighted by Crippen LogP contribution is 2.14. The van der Waals surface area contributed by atoms with Gasteiger partial charge in [-0.1, -0.05) is 97.5 Å². The van der Waals surface area contributed by atoms with Crippen LogP contribution in [-0.4, -0.2) is 12.6 Å². The molecule has 2 nitrogen and oxygen atoms in total. The summed E-state index contributed by atoms with van der Waals surface area (Å²) in [6.07, 6.45) is 18.6. The highest BCUT2D eigenvalue weighted by atomic mass is 16.5. The van der Waals surface area contributed by atoms with E-state index in [2.05, 4.69) is 20.4 Å². The fraction of sp³-hybridized carbons (Fsp3) is 0.857. The Morgan fingerprint density at radius 3 is 1.65 bits per heavy atom. The lowest BCUT2D eigenvalue weighted by Crippen LogP contribution is -2.08. The Labute approximate surface area is 145 Å². The highest BCUT2D eigenvalue weighted by molar-refractivity contribution is 5.87. The first kappa shape index (κ1) is 22.2. The quantitative estimate of drug-likeness (QED) is 0.164. The van der Waals surface area contributed by atoms with Gasteiger partial charge in [0, 0.05) is 5.57 Å². The Morgan fingerprint density at radius 1 is 0.696 bits per heavy atom. The largest absolute Gasteiger partial charge is 0.462 e. The van der Waals surface area contributed by atoms with Crippen LogP contribution in [0.15, 0.2) is 12.2 Å². The molecule has 0 radical (unpaired) electrons. The van der Waals surface area contributed by atoms with Crippen molar-refractivity contribution in [3.05, 3.63) is 12.2 Å². The van der Waals surface area contributed by atoms with E-state index in [1.807, 2.05) is 0 Å². The summed E-state index contributed by atoms with van der Waals surface area (Å²) >= 11 is 0. The molecule has 0 bridgehead atoms. The van der Waals surface area contributed by atoms with Crippen LogP contribution in [0.1, 0.15) is 110 Å². The average molecular weight is 325 g/mol. The molecule has 2 heteroatoms. The van der Waals surface area contributed by atoms with E-state index in [0.29, 0.717) is 12.2 Å². The lowest BCUT2D eigenvalue weighted by Gasteiger charge is -2.07. The van der Waals surface area contributed by atoms with Crippen LogP contribution in [0, 0.1) is 0 Å². The van der Waals surface area contributed by atoms with Crippen molar-refractivity contribution in [3.8, 4) is 0 Å². The van der Waals surface area contributed by atoms with Gasteiger partial charge in [0.15, 0.2) is 0 Å². The molecular formula is C21H40O2. The summed E-state index contributed by atoms with van der Waals surface area (Å²) in [7, 11) is 0. The standard InChI is InChI=1S/C21H40O2/c1-4-6-8-9-10-11-12-13-14-15-16-18-20(3)21(22)23-19-17-7-5-2/h3-19H2,1-2H3. The summed E-state index contributed by atoms with van der Waals surface area (Å²) < 4.78 is 5.22. The number of carbonyl (C=O) groups excluding carboxylic acids is 1. The summed E-state index contributed by atoms with van der Waals surface area (Å²) in [6, 6.07) is 0. The molecule has 136 valence electrons. The van der Waals surface area contributed by atoms with Gasteiger partial charge in [-0.05, 0) is 19.3 Å². The zero-order chi connectivity index (χ0) is 17.2. The van der Waals surface area contributed by atoms with Gasteiger partial charge < -0.3 is 4.74 Å². The average Bonchev–Trinajstić information content (AvgIpc) is 2.56. The summed E-state index contributed by atoms with van der Waals surface area (Å²) in [4.78, 5) is 11.7. The summed E-state index contributed by atoms with van der Waals surface area (Å²) in [5, 5.41) is 0. The molecule has 0 aliphatic rings. The monoisotopic (exact) mass is 324 g/mol. The van der Waals surface area contributed by atoms with Crippen molar-refractivity contribution in [2.24, 2.45) is 0 Å². The van der Waals surface area contributed by atoms with E-state index in [-0.39, 0.29) is 5.97 Å². The Hall–Kier alpha value is -0.790. The predicted octanol–water partition coefficient (Wildman–Crippen LogP) is 6.98. The number of esters is 1. The number of carbonyl (C=O) groups is 1. The van der Waals surface area contributed by atoms with Gasteiger partial charge in [-0.3, -0.25) is 0 Å². The minimum absolute atomic E-state index is 0.187. The third-order valence-corrected chi connectivity index (χ3v) is 4.35. The molecule has 0 saturated carbocycles. The molecule has 0 saturated heterocycles. The predicted molar refractivity (Wildman–Crippen MR) is 101 cm³/mol. The lowest BCUT2D eigenvalue weighted by atomic mass is 10.0. The van der Waals surface area contributed by atoms with Crippen LogP contribution in [-0.2, 0) is 9.53 Å². The van der Waals surface area contributed by atoms with Crippen LogP contribution >= 0.6 is 0 Å². The summed E-state index contributed by atoms with van der Waals surface area (Å²) in [5.74, 6) is -0.187. The second kappa shape index (κ2) is 17.6. The molecule has 23 heavy (non-hydrogen) atoms. The van der Waals surface area contributed by atoms with Crippen molar-refractivity contribution in [1.29, 1.82) is 0 Å². The van der Waals surface area contributed by atoms with Crippen molar-refractivity contribution >= 4 is 5.97 Å². The third kappa shape index (κ3) is 15.9. The van der Waals surface area contributed by atoms with Gasteiger partial charge in [-0.25, -0.2) is 4.79 Å². The molecule has 0 aliphatic carbocycles. The third-order valence-electron chi connectivity index (χ3n) is 4.35. The van der Waals surface area contributed by atoms with Crippen molar-refractivity contribution < 1.29 is 9.53 Å². The topological polar surface area (TPSA) is 26.3 Å². The normalized spacial score (nSPS) is 10.7. The second-order valence-corrected chi connectivity index (χ2v) is 6.73. The smallest absolute Gasteiger partial charge is 0.333 e. The van der Waals surface area contributed by atoms with Gasteiger partial charge in [0.2, 0.25) is 0 Å². The number of hydrogen-bond acceptors (Lipinski definition) is 2. The minimum Gasteiger partial charge on any atom is -0.462 e. The van der Waals surface area contributed by atoms with Gasteiger partial charge in [-0.15, -0.1) is 0 Å². The molecule has 0 unspecified atom stereocenters. The van der Waals surface area contributed by atoms with Crippen LogP contribution in [0.2, 0.25) is 0 Å². The molecule has 0 fully saturated rings. The van der Waals surface area contributed by atoms with Crippen LogP contribution < -0.4 is 0 Å². The minimum atomic E-state index is -0.187. The zero-order valence-electron chi connectivity index (χ0n) is 15.8. The van der Waals surface area contributed by atoms with Gasteiger partial charge in [0.05, 0.1) is 6.61 Å². The Balaban J connectivity index is 3.30. The molecule has 0 atom stereocenters. The maximum absolute atomic E-state index is 11.7. The van der Waals surface area contributed by atoms with Gasteiger partial charge in [0.25, 0.3) is 0 Å². The van der Waals surface area contributed by atoms with Crippen LogP contribution in [0.5, 0.6) is 0 Å². The van der Waals surface area contributed by atoms with Crippen molar-refractivity contribution in [2.75, 3.05) is 6.61 Å². The first-order valence-corrected chi connectivity index (χ1v) is 10.1. The van der Waals surface area contributed by atoms with Gasteiger partial charge in [-0.2, -0.15) is 0 Å². The van der Waals surface area contributed by atoms with E-state index < -0.39 is 0 Å². The maximum atomic E-state index is 11.7. The lowest BCUT2D eigenvalue weighted by molar-refractivity contribution is -0.139. The zero-order valence-corrected chi connectivity index (χ0v) is 15.8. The molecule has 0 spiro atoms. The van der Waals surface area contributed by atoms with Crippen molar-refractivity contribution in [1.82, 2.24) is 0 Å². The Morgan fingerprint density at radius 2 is 1.13 bits per heavy atom. The van der Waals surface area contributed by atoms with Gasteiger partial charge >= 0.3 is 5.97 Å². The van der Waals surface area contributed by atoms with Crippen molar-refractivity contribution in [2.45, 2.75) is 110 Å². The van der Waals surface area contributed by atoms with E-state index in [9.17, 15) is 4.79 Å². The molecule has 0 heterocycles. The van der Waals surface area contributed by atoms with E-state index in [1.54, 1.807) is 0 Å². The molecule has 0 amide bonds. The highest BCUT2D eigenvalue weighted by Gasteiger charge is 2.07. The van der Waals surface area contributed by atoms with Crippen LogP contribution in [0.3, 0.4) is 0 Å². The van der Waals surface area contributed by atoms with Crippen molar-refractivity contribution in [3.63, 3.8) is 0 Å². The van der Waals surface area contributed by atoms with E-state index in [0.717, 1.165) is 32.1 Å². The Bertz CT molecular complexity index is 284. The number of ether oxygens (including phenoxy) is 1. The number of hydrogen-bond donors (Lipinski definition) is 0. The maximum Gasteiger partial charge on any atom is 0.333 e. The molecule has 0 aromatic carbocycles. The number of rotatable bonds is 17.